The van der Waals surface area contributed by atoms with Crippen LogP contribution in [0.25, 0.3) is 0 Å². The van der Waals surface area contributed by atoms with E-state index in [1.54, 1.807) is 17.0 Å². The lowest BCUT2D eigenvalue weighted by Crippen LogP contribution is -2.56. The summed E-state index contributed by atoms with van der Waals surface area (Å²) in [6.45, 7) is 8.29. The molecular formula is C28H36Cl2N4O3. The van der Waals surface area contributed by atoms with Crippen molar-refractivity contribution in [2.75, 3.05) is 57.4 Å². The molecule has 0 radical (unpaired) electrons. The van der Waals surface area contributed by atoms with Crippen molar-refractivity contribution in [3.63, 3.8) is 0 Å². The highest BCUT2D eigenvalue weighted by atomic mass is 35.5. The minimum absolute atomic E-state index is 0.00760. The number of carbonyl (C=O) groups excluding carboxylic acids is 2. The number of amides is 2. The molecule has 0 bridgehead atoms. The number of piperazine rings is 1. The predicted molar refractivity (Wildman–Crippen MR) is 148 cm³/mol. The summed E-state index contributed by atoms with van der Waals surface area (Å²) in [4.78, 5) is 32.4. The minimum Gasteiger partial charge on any atom is -0.380 e. The molecule has 1 N–H and O–H groups in total. The van der Waals surface area contributed by atoms with Crippen LogP contribution in [0, 0.1) is 0 Å². The van der Waals surface area contributed by atoms with Crippen molar-refractivity contribution < 1.29 is 14.3 Å². The molecule has 2 heterocycles. The SMILES string of the molecule is CCOCCNCc1ccccc1N1CCN(C(=O)C(Cc2ccc(Cl)cc2Cl)N2CCCC2=O)CC1. The monoisotopic (exact) mass is 546 g/mol. The maximum Gasteiger partial charge on any atom is 0.245 e. The van der Waals surface area contributed by atoms with Crippen molar-refractivity contribution >= 4 is 40.7 Å². The third-order valence-electron chi connectivity index (χ3n) is 7.07. The van der Waals surface area contributed by atoms with E-state index < -0.39 is 6.04 Å². The second-order valence-electron chi connectivity index (χ2n) is 9.46. The zero-order chi connectivity index (χ0) is 26.2. The van der Waals surface area contributed by atoms with E-state index in [0.29, 0.717) is 49.1 Å². The van der Waals surface area contributed by atoms with Gasteiger partial charge < -0.3 is 24.8 Å². The quantitative estimate of drug-likeness (QED) is 0.431. The van der Waals surface area contributed by atoms with Crippen LogP contribution in [0.1, 0.15) is 30.9 Å². The van der Waals surface area contributed by atoms with Gasteiger partial charge in [-0.1, -0.05) is 47.5 Å². The summed E-state index contributed by atoms with van der Waals surface area (Å²) >= 11 is 12.5. The van der Waals surface area contributed by atoms with Gasteiger partial charge in [0.25, 0.3) is 0 Å². The first-order chi connectivity index (χ1) is 18.0. The van der Waals surface area contributed by atoms with E-state index in [4.69, 9.17) is 27.9 Å². The minimum atomic E-state index is -0.554. The molecule has 200 valence electrons. The van der Waals surface area contributed by atoms with Gasteiger partial charge in [0.2, 0.25) is 11.8 Å². The second kappa shape index (κ2) is 13.5. The molecule has 0 saturated carbocycles. The fourth-order valence-electron chi connectivity index (χ4n) is 5.08. The van der Waals surface area contributed by atoms with E-state index in [9.17, 15) is 9.59 Å². The number of benzene rings is 2. The number of carbonyl (C=O) groups is 2. The van der Waals surface area contributed by atoms with Gasteiger partial charge in [-0.05, 0) is 42.7 Å². The summed E-state index contributed by atoms with van der Waals surface area (Å²) in [6, 6.07) is 13.2. The summed E-state index contributed by atoms with van der Waals surface area (Å²) in [5, 5.41) is 4.52. The van der Waals surface area contributed by atoms with Crippen molar-refractivity contribution in [3.8, 4) is 0 Å². The normalized spacial score (nSPS) is 16.9. The molecule has 1 atom stereocenters. The maximum atomic E-state index is 13.8. The second-order valence-corrected chi connectivity index (χ2v) is 10.3. The fraction of sp³-hybridized carbons (Fsp3) is 0.500. The lowest BCUT2D eigenvalue weighted by Gasteiger charge is -2.40. The Morgan fingerprint density at radius 1 is 1.05 bits per heavy atom. The third kappa shape index (κ3) is 7.17. The molecule has 0 aromatic heterocycles. The molecule has 2 saturated heterocycles. The highest BCUT2D eigenvalue weighted by Gasteiger charge is 2.36. The van der Waals surface area contributed by atoms with Crippen LogP contribution in [0.2, 0.25) is 10.0 Å². The zero-order valence-corrected chi connectivity index (χ0v) is 22.9. The molecule has 2 amide bonds. The first-order valence-electron chi connectivity index (χ1n) is 13.1. The van der Waals surface area contributed by atoms with Crippen molar-refractivity contribution in [1.29, 1.82) is 0 Å². The molecule has 2 aromatic rings. The molecule has 37 heavy (non-hydrogen) atoms. The van der Waals surface area contributed by atoms with Crippen molar-refractivity contribution in [2.24, 2.45) is 0 Å². The van der Waals surface area contributed by atoms with Gasteiger partial charge in [0, 0.05) is 81.0 Å². The topological polar surface area (TPSA) is 65.1 Å². The average Bonchev–Trinajstić information content (AvgIpc) is 3.33. The molecule has 7 nitrogen and oxygen atoms in total. The van der Waals surface area contributed by atoms with Gasteiger partial charge in [0.05, 0.1) is 6.61 Å². The molecule has 2 fully saturated rings. The predicted octanol–water partition coefficient (Wildman–Crippen LogP) is 4.00. The van der Waals surface area contributed by atoms with Gasteiger partial charge in [-0.25, -0.2) is 0 Å². The largest absolute Gasteiger partial charge is 0.380 e. The fourth-order valence-corrected chi connectivity index (χ4v) is 5.57. The van der Waals surface area contributed by atoms with E-state index in [1.807, 2.05) is 17.9 Å². The van der Waals surface area contributed by atoms with Gasteiger partial charge in [0.15, 0.2) is 0 Å². The summed E-state index contributed by atoms with van der Waals surface area (Å²) in [5.41, 5.74) is 3.25. The molecule has 2 aromatic carbocycles. The number of hydrogen-bond donors (Lipinski definition) is 1. The lowest BCUT2D eigenvalue weighted by molar-refractivity contribution is -0.143. The van der Waals surface area contributed by atoms with E-state index in [1.165, 1.54) is 11.3 Å². The molecule has 0 spiro atoms. The number of nitrogens with zero attached hydrogens (tertiary/aromatic N) is 3. The standard InChI is InChI=1S/C28H36Cl2N4O3/c1-2-37-17-11-31-20-22-6-3-4-7-25(22)32-13-15-33(16-14-32)28(36)26(34-12-5-8-27(34)35)18-21-9-10-23(29)19-24(21)30/h3-4,6-7,9-10,19,26,31H,2,5,8,11-18,20H2,1H3. The number of nitrogens with one attached hydrogen (secondary N) is 1. The number of para-hydroxylation sites is 1. The number of likely N-dealkylation sites (tertiary alicyclic amines) is 1. The van der Waals surface area contributed by atoms with Gasteiger partial charge in [0.1, 0.15) is 6.04 Å². The molecule has 2 aliphatic heterocycles. The van der Waals surface area contributed by atoms with E-state index in [0.717, 1.165) is 44.8 Å². The van der Waals surface area contributed by atoms with Crippen molar-refractivity contribution in [2.45, 2.75) is 38.8 Å². The number of anilines is 1. The Bertz CT molecular complexity index is 1080. The number of hydrogen-bond acceptors (Lipinski definition) is 5. The van der Waals surface area contributed by atoms with E-state index in [2.05, 4.69) is 34.5 Å². The first kappa shape index (κ1) is 27.7. The van der Waals surface area contributed by atoms with Gasteiger partial charge in [-0.2, -0.15) is 0 Å². The van der Waals surface area contributed by atoms with Crippen LogP contribution < -0.4 is 10.2 Å². The van der Waals surface area contributed by atoms with Gasteiger partial charge >= 0.3 is 0 Å². The summed E-state index contributed by atoms with van der Waals surface area (Å²) in [7, 11) is 0. The van der Waals surface area contributed by atoms with Crippen LogP contribution in [-0.2, 0) is 27.3 Å². The Morgan fingerprint density at radius 2 is 1.84 bits per heavy atom. The summed E-state index contributed by atoms with van der Waals surface area (Å²) in [6.07, 6.45) is 1.65. The molecule has 1 unspecified atom stereocenters. The first-order valence-corrected chi connectivity index (χ1v) is 13.9. The van der Waals surface area contributed by atoms with Crippen LogP contribution in [0.15, 0.2) is 42.5 Å². The molecular weight excluding hydrogens is 511 g/mol. The van der Waals surface area contributed by atoms with Crippen LogP contribution in [0.4, 0.5) is 5.69 Å². The third-order valence-corrected chi connectivity index (χ3v) is 7.65. The average molecular weight is 548 g/mol. The Hall–Kier alpha value is -2.32. The van der Waals surface area contributed by atoms with Crippen molar-refractivity contribution in [3.05, 3.63) is 63.6 Å². The Morgan fingerprint density at radius 3 is 2.54 bits per heavy atom. The maximum absolute atomic E-state index is 13.8. The van der Waals surface area contributed by atoms with Gasteiger partial charge in [-0.3, -0.25) is 9.59 Å². The number of ether oxygens (including phenoxy) is 1. The van der Waals surface area contributed by atoms with Gasteiger partial charge in [-0.15, -0.1) is 0 Å². The Balaban J connectivity index is 1.41. The number of halogens is 2. The van der Waals surface area contributed by atoms with E-state index in [-0.39, 0.29) is 11.8 Å². The molecule has 4 rings (SSSR count). The Kier molecular flexibility index (Phi) is 10.1. The molecule has 0 aliphatic carbocycles. The molecule has 2 aliphatic rings. The molecule has 9 heteroatoms. The smallest absolute Gasteiger partial charge is 0.245 e. The lowest BCUT2D eigenvalue weighted by atomic mass is 10.0. The number of rotatable bonds is 11. The Labute approximate surface area is 229 Å². The summed E-state index contributed by atoms with van der Waals surface area (Å²) < 4.78 is 5.42. The highest BCUT2D eigenvalue weighted by Crippen LogP contribution is 2.27. The van der Waals surface area contributed by atoms with Crippen LogP contribution in [0.3, 0.4) is 0 Å². The van der Waals surface area contributed by atoms with Crippen LogP contribution in [0.5, 0.6) is 0 Å². The highest BCUT2D eigenvalue weighted by molar-refractivity contribution is 6.35. The van der Waals surface area contributed by atoms with Crippen molar-refractivity contribution in [1.82, 2.24) is 15.1 Å². The zero-order valence-electron chi connectivity index (χ0n) is 21.4. The summed E-state index contributed by atoms with van der Waals surface area (Å²) in [5.74, 6) is 0.0274. The van der Waals surface area contributed by atoms with Crippen LogP contribution in [-0.4, -0.2) is 80.1 Å². The van der Waals surface area contributed by atoms with E-state index >= 15 is 0 Å². The van der Waals surface area contributed by atoms with Crippen LogP contribution >= 0.6 is 23.2 Å².